The van der Waals surface area contributed by atoms with Gasteiger partial charge in [-0.2, -0.15) is 13.2 Å². The molecule has 0 radical (unpaired) electrons. The van der Waals surface area contributed by atoms with Gasteiger partial charge in [0.1, 0.15) is 24.4 Å². The van der Waals surface area contributed by atoms with Crippen LogP contribution >= 0.6 is 0 Å². The first kappa shape index (κ1) is 19.6. The van der Waals surface area contributed by atoms with E-state index < -0.39 is 49.3 Å². The first-order valence-electron chi connectivity index (χ1n) is 7.39. The Morgan fingerprint density at radius 2 is 1.84 bits per heavy atom. The lowest BCUT2D eigenvalue weighted by atomic mass is 9.97. The maximum Gasteiger partial charge on any atom is 0.471 e. The number of ether oxygens (including phenoxy) is 2. The third-order valence-electron chi connectivity index (χ3n) is 3.69. The monoisotopic (exact) mass is 365 g/mol. The van der Waals surface area contributed by atoms with Crippen LogP contribution in [0.5, 0.6) is 0 Å². The van der Waals surface area contributed by atoms with Crippen molar-refractivity contribution >= 4 is 5.91 Å². The van der Waals surface area contributed by atoms with Crippen molar-refractivity contribution in [1.29, 1.82) is 0 Å². The van der Waals surface area contributed by atoms with Crippen LogP contribution in [0.3, 0.4) is 0 Å². The maximum atomic E-state index is 12.5. The molecule has 1 aliphatic heterocycles. The normalized spacial score (nSPS) is 30.1. The summed E-state index contributed by atoms with van der Waals surface area (Å²) in [5.41, 5.74) is 0.674. The molecule has 0 bridgehead atoms. The second kappa shape index (κ2) is 8.11. The van der Waals surface area contributed by atoms with E-state index in [2.05, 4.69) is 0 Å². The second-order valence-corrected chi connectivity index (χ2v) is 5.50. The van der Waals surface area contributed by atoms with Crippen molar-refractivity contribution in [2.24, 2.45) is 0 Å². The molecule has 5 atom stereocenters. The van der Waals surface area contributed by atoms with Gasteiger partial charge < -0.3 is 30.1 Å². The second-order valence-electron chi connectivity index (χ2n) is 5.50. The topological polar surface area (TPSA) is 108 Å². The minimum atomic E-state index is -5.18. The van der Waals surface area contributed by atoms with Crippen molar-refractivity contribution in [3.63, 3.8) is 0 Å². The molecule has 0 saturated carbocycles. The van der Waals surface area contributed by atoms with E-state index in [0.29, 0.717) is 5.56 Å². The Labute approximate surface area is 141 Å². The van der Waals surface area contributed by atoms with E-state index in [4.69, 9.17) is 14.6 Å². The van der Waals surface area contributed by atoms with Gasteiger partial charge in [0, 0.05) is 0 Å². The van der Waals surface area contributed by atoms with Gasteiger partial charge in [0.05, 0.1) is 13.2 Å². The molecular weight excluding hydrogens is 347 g/mol. The highest BCUT2D eigenvalue weighted by Gasteiger charge is 2.49. The summed E-state index contributed by atoms with van der Waals surface area (Å²) in [6, 6.07) is 6.92. The number of hydrogen-bond acceptors (Lipinski definition) is 6. The van der Waals surface area contributed by atoms with Crippen LogP contribution in [-0.4, -0.2) is 64.7 Å². The number of rotatable bonds is 5. The molecule has 0 spiro atoms. The molecule has 7 nitrogen and oxygen atoms in total. The van der Waals surface area contributed by atoms with E-state index >= 15 is 0 Å². The van der Waals surface area contributed by atoms with Gasteiger partial charge in [-0.05, 0) is 5.56 Å². The van der Waals surface area contributed by atoms with Gasteiger partial charge in [0.15, 0.2) is 6.29 Å². The molecule has 1 aromatic carbocycles. The lowest BCUT2D eigenvalue weighted by Gasteiger charge is -2.42. The van der Waals surface area contributed by atoms with Crippen molar-refractivity contribution < 1.29 is 42.8 Å². The Balaban J connectivity index is 2.13. The average Bonchev–Trinajstić information content (AvgIpc) is 2.58. The summed E-state index contributed by atoms with van der Waals surface area (Å²) < 4.78 is 48.0. The molecule has 0 unspecified atom stereocenters. The van der Waals surface area contributed by atoms with Crippen LogP contribution in [-0.2, 0) is 20.9 Å². The molecule has 0 aromatic heterocycles. The Morgan fingerprint density at radius 1 is 1.20 bits per heavy atom. The summed E-state index contributed by atoms with van der Waals surface area (Å²) in [7, 11) is 0. The van der Waals surface area contributed by atoms with Gasteiger partial charge in [0.2, 0.25) is 0 Å². The van der Waals surface area contributed by atoms with Crippen LogP contribution in [0.4, 0.5) is 13.2 Å². The van der Waals surface area contributed by atoms with E-state index in [1.807, 2.05) is 0 Å². The predicted octanol–water partition coefficient (Wildman–Crippen LogP) is -0.311. The zero-order valence-corrected chi connectivity index (χ0v) is 12.9. The number of amides is 1. The molecule has 1 amide bonds. The molecule has 140 valence electrons. The lowest BCUT2D eigenvalue weighted by Crippen LogP contribution is -2.65. The van der Waals surface area contributed by atoms with Crippen LogP contribution < -0.4 is 5.32 Å². The number of aliphatic hydroxyl groups is 3. The molecule has 1 aromatic rings. The lowest BCUT2D eigenvalue weighted by molar-refractivity contribution is -0.275. The Bertz CT molecular complexity index is 570. The maximum absolute atomic E-state index is 12.5. The molecular formula is C15H18F3NO6. The molecule has 1 heterocycles. The van der Waals surface area contributed by atoms with E-state index in [1.165, 1.54) is 0 Å². The van der Waals surface area contributed by atoms with Crippen molar-refractivity contribution in [1.82, 2.24) is 5.32 Å². The fourth-order valence-corrected chi connectivity index (χ4v) is 2.36. The third-order valence-corrected chi connectivity index (χ3v) is 3.69. The molecule has 1 fully saturated rings. The number of aliphatic hydroxyl groups excluding tert-OH is 3. The van der Waals surface area contributed by atoms with Crippen LogP contribution in [0.2, 0.25) is 0 Å². The highest BCUT2D eigenvalue weighted by molar-refractivity contribution is 5.82. The zero-order chi connectivity index (χ0) is 18.6. The minimum absolute atomic E-state index is 0.0785. The molecule has 4 N–H and O–H groups in total. The smallest absolute Gasteiger partial charge is 0.394 e. The molecule has 2 rings (SSSR count). The molecule has 25 heavy (non-hydrogen) atoms. The highest BCUT2D eigenvalue weighted by Crippen LogP contribution is 2.24. The molecule has 1 aliphatic rings. The summed E-state index contributed by atoms with van der Waals surface area (Å²) >= 11 is 0. The summed E-state index contributed by atoms with van der Waals surface area (Å²) in [5, 5.41) is 30.5. The van der Waals surface area contributed by atoms with Crippen LogP contribution in [0.25, 0.3) is 0 Å². The Morgan fingerprint density at radius 3 is 2.40 bits per heavy atom. The van der Waals surface area contributed by atoms with Gasteiger partial charge >= 0.3 is 12.1 Å². The fraction of sp³-hybridized carbons (Fsp3) is 0.533. The fourth-order valence-electron chi connectivity index (χ4n) is 2.36. The molecule has 10 heteroatoms. The van der Waals surface area contributed by atoms with Gasteiger partial charge in [-0.25, -0.2) is 0 Å². The first-order chi connectivity index (χ1) is 11.7. The van der Waals surface area contributed by atoms with Gasteiger partial charge in [0.25, 0.3) is 0 Å². The van der Waals surface area contributed by atoms with Crippen LogP contribution in [0.1, 0.15) is 5.56 Å². The number of carbonyl (C=O) groups excluding carboxylic acids is 1. The highest BCUT2D eigenvalue weighted by atomic mass is 19.4. The number of carbonyl (C=O) groups is 1. The largest absolute Gasteiger partial charge is 0.471 e. The van der Waals surface area contributed by atoms with E-state index in [-0.39, 0.29) is 6.61 Å². The Hall–Kier alpha value is -1.72. The number of nitrogens with one attached hydrogen (secondary N) is 1. The third kappa shape index (κ3) is 4.89. The predicted molar refractivity (Wildman–Crippen MR) is 77.0 cm³/mol. The van der Waals surface area contributed by atoms with Gasteiger partial charge in [-0.3, -0.25) is 4.79 Å². The number of alkyl halides is 3. The van der Waals surface area contributed by atoms with Gasteiger partial charge in [-0.1, -0.05) is 30.3 Å². The summed E-state index contributed by atoms with van der Waals surface area (Å²) in [5.74, 6) is -2.30. The zero-order valence-electron chi connectivity index (χ0n) is 12.9. The number of benzene rings is 1. The van der Waals surface area contributed by atoms with Crippen LogP contribution in [0.15, 0.2) is 30.3 Å². The van der Waals surface area contributed by atoms with Crippen LogP contribution in [0, 0.1) is 0 Å². The first-order valence-corrected chi connectivity index (χ1v) is 7.39. The molecule has 0 aliphatic carbocycles. The van der Waals surface area contributed by atoms with Crippen molar-refractivity contribution in [2.45, 2.75) is 43.4 Å². The summed E-state index contributed by atoms with van der Waals surface area (Å²) in [6.07, 6.45) is -11.5. The Kier molecular flexibility index (Phi) is 6.36. The van der Waals surface area contributed by atoms with Crippen molar-refractivity contribution in [3.8, 4) is 0 Å². The van der Waals surface area contributed by atoms with E-state index in [1.54, 1.807) is 35.6 Å². The average molecular weight is 365 g/mol. The summed E-state index contributed by atoms with van der Waals surface area (Å²) in [4.78, 5) is 11.2. The minimum Gasteiger partial charge on any atom is -0.394 e. The van der Waals surface area contributed by atoms with Gasteiger partial charge in [-0.15, -0.1) is 0 Å². The SMILES string of the molecule is O=C(N[C@H]1[C@H](OCc2ccccc2)O[C@H](CO)[C@H](O)[C@@H]1O)C(F)(F)F. The van der Waals surface area contributed by atoms with Crippen molar-refractivity contribution in [2.75, 3.05) is 6.61 Å². The van der Waals surface area contributed by atoms with E-state index in [0.717, 1.165) is 0 Å². The molecule has 1 saturated heterocycles. The number of halogens is 3. The summed E-state index contributed by atoms with van der Waals surface area (Å²) in [6.45, 7) is -0.770. The standard InChI is InChI=1S/C15H18F3NO6/c16-15(17,18)14(23)19-10-12(22)11(21)9(6-20)25-13(10)24-7-8-4-2-1-3-5-8/h1-5,9-13,20-22H,6-7H2,(H,19,23)/t9-,10-,11+,12-,13-/m1/s1. The quantitative estimate of drug-likeness (QED) is 0.570. The van der Waals surface area contributed by atoms with E-state index in [9.17, 15) is 28.2 Å². The number of hydrogen-bond donors (Lipinski definition) is 4. The van der Waals surface area contributed by atoms with Crippen molar-refractivity contribution in [3.05, 3.63) is 35.9 Å².